The number of nitrogens with zero attached hydrogens (tertiary/aromatic N) is 2. The van der Waals surface area contributed by atoms with E-state index in [2.05, 4.69) is 5.10 Å². The molecule has 1 N–H and O–H groups in total. The molecule has 0 saturated carbocycles. The highest BCUT2D eigenvalue weighted by molar-refractivity contribution is 5.77. The zero-order valence-electron chi connectivity index (χ0n) is 21.3. The summed E-state index contributed by atoms with van der Waals surface area (Å²) in [6.07, 6.45) is -1.62. The summed E-state index contributed by atoms with van der Waals surface area (Å²) in [4.78, 5) is 11.1. The fourth-order valence-corrected chi connectivity index (χ4v) is 5.69. The van der Waals surface area contributed by atoms with E-state index in [9.17, 15) is 18.0 Å². The Morgan fingerprint density at radius 2 is 1.88 bits per heavy atom. The van der Waals surface area contributed by atoms with Gasteiger partial charge < -0.3 is 14.6 Å². The first-order valence-corrected chi connectivity index (χ1v) is 12.8. The van der Waals surface area contributed by atoms with Crippen LogP contribution >= 0.6 is 0 Å². The van der Waals surface area contributed by atoms with Crippen molar-refractivity contribution in [3.05, 3.63) is 89.0 Å². The predicted octanol–water partition coefficient (Wildman–Crippen LogP) is 6.93. The number of halogens is 4. The van der Waals surface area contributed by atoms with Crippen LogP contribution in [0.1, 0.15) is 47.1 Å². The fourth-order valence-electron chi connectivity index (χ4n) is 5.69. The minimum Gasteiger partial charge on any atom is -0.492 e. The second-order valence-corrected chi connectivity index (χ2v) is 10.1. The molecule has 3 aromatic carbocycles. The average Bonchev–Trinajstić information content (AvgIpc) is 3.63. The Morgan fingerprint density at radius 3 is 2.55 bits per heavy atom. The Bertz CT molecular complexity index is 1610. The molecule has 2 atom stereocenters. The molecule has 4 aromatic rings. The van der Waals surface area contributed by atoms with E-state index in [-0.39, 0.29) is 42.1 Å². The Kier molecular flexibility index (Phi) is 6.28. The molecule has 2 aliphatic rings. The summed E-state index contributed by atoms with van der Waals surface area (Å²) in [5, 5.41) is 13.2. The van der Waals surface area contributed by atoms with Gasteiger partial charge in [0.25, 0.3) is 0 Å². The van der Waals surface area contributed by atoms with Gasteiger partial charge in [-0.2, -0.15) is 18.3 Å². The molecule has 0 saturated heterocycles. The molecule has 2 heterocycles. The highest BCUT2D eigenvalue weighted by atomic mass is 19.4. The lowest BCUT2D eigenvalue weighted by Crippen LogP contribution is -2.12. The van der Waals surface area contributed by atoms with Gasteiger partial charge in [-0.15, -0.1) is 0 Å². The lowest BCUT2D eigenvalue weighted by molar-refractivity contribution is -0.138. The molecule has 206 valence electrons. The van der Waals surface area contributed by atoms with Crippen LogP contribution in [0.3, 0.4) is 0 Å². The number of benzene rings is 3. The number of aliphatic carboxylic acids is 1. The van der Waals surface area contributed by atoms with Crippen molar-refractivity contribution in [2.75, 3.05) is 6.61 Å². The molecule has 0 amide bonds. The van der Waals surface area contributed by atoms with E-state index in [4.69, 9.17) is 14.6 Å². The maximum Gasteiger partial charge on any atom is 0.417 e. The number of carboxylic acids is 1. The first-order valence-electron chi connectivity index (χ1n) is 12.8. The third-order valence-corrected chi connectivity index (χ3v) is 7.48. The summed E-state index contributed by atoms with van der Waals surface area (Å²) in [5.41, 5.74) is 2.06. The summed E-state index contributed by atoms with van der Waals surface area (Å²) in [6.45, 7) is 0.231. The maximum atomic E-state index is 15.3. The number of alkyl halides is 3. The molecule has 1 aromatic heterocycles. The van der Waals surface area contributed by atoms with Gasteiger partial charge in [-0.05, 0) is 47.2 Å². The summed E-state index contributed by atoms with van der Waals surface area (Å²) in [7, 11) is 1.78. The first-order chi connectivity index (χ1) is 19.1. The summed E-state index contributed by atoms with van der Waals surface area (Å²) < 4.78 is 71.2. The van der Waals surface area contributed by atoms with Crippen molar-refractivity contribution in [1.82, 2.24) is 9.78 Å². The quantitative estimate of drug-likeness (QED) is 0.263. The van der Waals surface area contributed by atoms with Crippen LogP contribution in [0.5, 0.6) is 11.5 Å². The minimum atomic E-state index is -4.75. The zero-order valence-corrected chi connectivity index (χ0v) is 21.3. The highest BCUT2D eigenvalue weighted by Crippen LogP contribution is 2.48. The monoisotopic (exact) mass is 552 g/mol. The second kappa shape index (κ2) is 9.69. The van der Waals surface area contributed by atoms with Gasteiger partial charge in [-0.1, -0.05) is 30.3 Å². The SMILES string of the molecule is Cn1cc(-c2ccc(-c3c(C(F)(F)F)cc(F)c4c3CC[C@H]4Oc3ccc4c(c3)OC[C@H]4CC(=O)O)cc2)cn1. The van der Waals surface area contributed by atoms with E-state index in [1.165, 1.54) is 0 Å². The second-order valence-electron chi connectivity index (χ2n) is 10.1. The number of rotatable bonds is 6. The van der Waals surface area contributed by atoms with Gasteiger partial charge in [-0.3, -0.25) is 9.48 Å². The van der Waals surface area contributed by atoms with Gasteiger partial charge in [-0.25, -0.2) is 4.39 Å². The molecule has 6 rings (SSSR count). The van der Waals surface area contributed by atoms with Crippen LogP contribution < -0.4 is 9.47 Å². The molecule has 0 bridgehead atoms. The molecule has 0 radical (unpaired) electrons. The molecular weight excluding hydrogens is 528 g/mol. The minimum absolute atomic E-state index is 0.0402. The van der Waals surface area contributed by atoms with Gasteiger partial charge in [0, 0.05) is 41.9 Å². The van der Waals surface area contributed by atoms with Crippen LogP contribution in [0.4, 0.5) is 17.6 Å². The Balaban J connectivity index is 1.35. The van der Waals surface area contributed by atoms with E-state index in [1.54, 1.807) is 60.4 Å². The van der Waals surface area contributed by atoms with Crippen LogP contribution in [0, 0.1) is 5.82 Å². The van der Waals surface area contributed by atoms with Gasteiger partial charge in [0.2, 0.25) is 0 Å². The number of aromatic nitrogens is 2. The van der Waals surface area contributed by atoms with Crippen LogP contribution in [-0.2, 0) is 24.4 Å². The Hall–Kier alpha value is -4.34. The van der Waals surface area contributed by atoms with Crippen LogP contribution in [-0.4, -0.2) is 27.5 Å². The molecule has 6 nitrogen and oxygen atoms in total. The topological polar surface area (TPSA) is 73.6 Å². The standard InChI is InChI=1S/C30H24F4N2O4/c1-36-14-19(13-35-36)16-2-4-17(5-3-16)28-22-8-9-25(29(22)24(31)12-23(28)30(32,33)34)40-20-6-7-21-18(10-27(37)38)15-39-26(21)11-20/h2-7,11-14,18,25H,8-10,15H2,1H3,(H,37,38)/t18-,25-/m1/s1. The van der Waals surface area contributed by atoms with Gasteiger partial charge >= 0.3 is 12.1 Å². The number of carboxylic acid groups (broad SMARTS) is 1. The van der Waals surface area contributed by atoms with Crippen molar-refractivity contribution < 1.29 is 36.9 Å². The van der Waals surface area contributed by atoms with Crippen molar-refractivity contribution in [2.24, 2.45) is 7.05 Å². The Morgan fingerprint density at radius 1 is 1.12 bits per heavy atom. The zero-order chi connectivity index (χ0) is 28.2. The number of hydrogen-bond donors (Lipinski definition) is 1. The third-order valence-electron chi connectivity index (χ3n) is 7.48. The number of ether oxygens (including phenoxy) is 2. The van der Waals surface area contributed by atoms with E-state index in [0.29, 0.717) is 29.5 Å². The first kappa shape index (κ1) is 25.9. The molecule has 1 aliphatic carbocycles. The normalized spacial score (nSPS) is 17.8. The summed E-state index contributed by atoms with van der Waals surface area (Å²) in [5.74, 6) is -1.31. The maximum absolute atomic E-state index is 15.3. The van der Waals surface area contributed by atoms with Gasteiger partial charge in [0.1, 0.15) is 23.4 Å². The van der Waals surface area contributed by atoms with E-state index >= 15 is 4.39 Å². The third kappa shape index (κ3) is 4.67. The fraction of sp³-hybridized carbons (Fsp3) is 0.267. The largest absolute Gasteiger partial charge is 0.492 e. The van der Waals surface area contributed by atoms with Crippen molar-refractivity contribution in [1.29, 1.82) is 0 Å². The highest BCUT2D eigenvalue weighted by Gasteiger charge is 2.40. The van der Waals surface area contributed by atoms with Gasteiger partial charge in [0.15, 0.2) is 0 Å². The molecule has 0 fully saturated rings. The van der Waals surface area contributed by atoms with E-state index < -0.39 is 29.6 Å². The Labute approximate surface area is 226 Å². The van der Waals surface area contributed by atoms with Crippen molar-refractivity contribution in [3.8, 4) is 33.8 Å². The average molecular weight is 553 g/mol. The lowest BCUT2D eigenvalue weighted by atomic mass is 9.90. The van der Waals surface area contributed by atoms with E-state index in [1.807, 2.05) is 6.20 Å². The lowest BCUT2D eigenvalue weighted by Gasteiger charge is -2.21. The van der Waals surface area contributed by atoms with Crippen LogP contribution in [0.15, 0.2) is 60.9 Å². The number of carbonyl (C=O) groups is 1. The molecular formula is C30H24F4N2O4. The van der Waals surface area contributed by atoms with E-state index in [0.717, 1.165) is 16.7 Å². The summed E-state index contributed by atoms with van der Waals surface area (Å²) in [6, 6.07) is 12.2. The smallest absolute Gasteiger partial charge is 0.417 e. The van der Waals surface area contributed by atoms with Crippen molar-refractivity contribution in [2.45, 2.75) is 37.5 Å². The predicted molar refractivity (Wildman–Crippen MR) is 138 cm³/mol. The number of fused-ring (bicyclic) bond motifs is 2. The molecule has 10 heteroatoms. The van der Waals surface area contributed by atoms with Crippen molar-refractivity contribution >= 4 is 5.97 Å². The summed E-state index contributed by atoms with van der Waals surface area (Å²) >= 11 is 0. The molecule has 40 heavy (non-hydrogen) atoms. The van der Waals surface area contributed by atoms with Crippen molar-refractivity contribution in [3.63, 3.8) is 0 Å². The molecule has 0 unspecified atom stereocenters. The molecule has 0 spiro atoms. The van der Waals surface area contributed by atoms with Crippen LogP contribution in [0.2, 0.25) is 0 Å². The number of aryl methyl sites for hydroxylation is 1. The number of hydrogen-bond acceptors (Lipinski definition) is 4. The van der Waals surface area contributed by atoms with Crippen LogP contribution in [0.25, 0.3) is 22.3 Å². The molecule has 1 aliphatic heterocycles. The van der Waals surface area contributed by atoms with Gasteiger partial charge in [0.05, 0.1) is 24.8 Å².